The molecule has 3 atom stereocenters. The predicted molar refractivity (Wildman–Crippen MR) is 84.9 cm³/mol. The molecule has 3 unspecified atom stereocenters. The quantitative estimate of drug-likeness (QED) is 0.801. The smallest absolute Gasteiger partial charge is 0.246 e. The van der Waals surface area contributed by atoms with Gasteiger partial charge < -0.3 is 9.80 Å². The number of hydrogen-bond acceptors (Lipinski definition) is 3. The first-order valence-electron chi connectivity index (χ1n) is 8.13. The second kappa shape index (κ2) is 5.18. The molecule has 2 aliphatic heterocycles. The predicted octanol–water partition coefficient (Wildman–Crippen LogP) is 2.48. The van der Waals surface area contributed by atoms with E-state index in [9.17, 15) is 9.59 Å². The highest BCUT2D eigenvalue weighted by atomic mass is 32.2. The van der Waals surface area contributed by atoms with Crippen LogP contribution >= 0.6 is 11.8 Å². The number of nitrogens with zero attached hydrogens (tertiary/aromatic N) is 2. The van der Waals surface area contributed by atoms with Crippen molar-refractivity contribution in [3.8, 4) is 0 Å². The van der Waals surface area contributed by atoms with Gasteiger partial charge in [-0.2, -0.15) is 0 Å². The van der Waals surface area contributed by atoms with Gasteiger partial charge in [-0.1, -0.05) is 13.8 Å². The molecule has 0 aromatic heterocycles. The van der Waals surface area contributed by atoms with E-state index in [1.807, 2.05) is 4.90 Å². The van der Waals surface area contributed by atoms with Crippen LogP contribution in [-0.2, 0) is 9.59 Å². The minimum atomic E-state index is -0.239. The lowest BCUT2D eigenvalue weighted by Crippen LogP contribution is -2.54. The standard InChI is InChI=1S/C16H26N2O2S/c1-10(2)11(3)17(12-5-6-12)15(20)13-9-21-16(4)8-7-14(19)18(13)16/h10-13H,5-9H2,1-4H3. The third-order valence-corrected chi connectivity index (χ3v) is 6.83. The van der Waals surface area contributed by atoms with E-state index in [0.717, 1.165) is 25.0 Å². The Hall–Kier alpha value is -0.710. The van der Waals surface area contributed by atoms with Gasteiger partial charge >= 0.3 is 0 Å². The monoisotopic (exact) mass is 310 g/mol. The Kier molecular flexibility index (Phi) is 3.75. The molecule has 118 valence electrons. The molecule has 4 nitrogen and oxygen atoms in total. The summed E-state index contributed by atoms with van der Waals surface area (Å²) < 4.78 is 0. The number of carbonyl (C=O) groups is 2. The van der Waals surface area contributed by atoms with E-state index >= 15 is 0 Å². The van der Waals surface area contributed by atoms with E-state index in [2.05, 4.69) is 32.6 Å². The Bertz CT molecular complexity index is 463. The molecule has 0 spiro atoms. The van der Waals surface area contributed by atoms with Gasteiger partial charge in [0.25, 0.3) is 0 Å². The van der Waals surface area contributed by atoms with E-state index in [4.69, 9.17) is 0 Å². The van der Waals surface area contributed by atoms with Gasteiger partial charge in [-0.25, -0.2) is 0 Å². The van der Waals surface area contributed by atoms with Crippen molar-refractivity contribution in [2.75, 3.05) is 5.75 Å². The number of hydrogen-bond donors (Lipinski definition) is 0. The SMILES string of the molecule is CC(C)C(C)N(C(=O)C1CSC2(C)CCC(=O)N12)C1CC1. The summed E-state index contributed by atoms with van der Waals surface area (Å²) in [5.41, 5.74) is 0. The van der Waals surface area contributed by atoms with Crippen LogP contribution in [0.1, 0.15) is 53.4 Å². The molecule has 3 fully saturated rings. The summed E-state index contributed by atoms with van der Waals surface area (Å²) in [6.07, 6.45) is 3.71. The van der Waals surface area contributed by atoms with E-state index in [1.165, 1.54) is 0 Å². The third-order valence-electron chi connectivity index (χ3n) is 5.33. The van der Waals surface area contributed by atoms with E-state index < -0.39 is 0 Å². The van der Waals surface area contributed by atoms with Crippen molar-refractivity contribution in [2.24, 2.45) is 5.92 Å². The molecule has 1 aliphatic carbocycles. The van der Waals surface area contributed by atoms with Crippen molar-refractivity contribution in [3.63, 3.8) is 0 Å². The number of fused-ring (bicyclic) bond motifs is 1. The molecule has 0 aromatic rings. The Balaban J connectivity index is 1.82. The second-order valence-electron chi connectivity index (χ2n) is 7.23. The maximum Gasteiger partial charge on any atom is 0.246 e. The van der Waals surface area contributed by atoms with Crippen LogP contribution in [0.25, 0.3) is 0 Å². The number of rotatable bonds is 4. The summed E-state index contributed by atoms with van der Waals surface area (Å²) in [6.45, 7) is 8.60. The number of carbonyl (C=O) groups excluding carboxylic acids is 2. The highest BCUT2D eigenvalue weighted by Gasteiger charge is 2.54. The number of thioether (sulfide) groups is 1. The fourth-order valence-electron chi connectivity index (χ4n) is 3.56. The summed E-state index contributed by atoms with van der Waals surface area (Å²) in [4.78, 5) is 29.2. The van der Waals surface area contributed by atoms with Crippen LogP contribution in [0.15, 0.2) is 0 Å². The molecule has 3 aliphatic rings. The minimum absolute atomic E-state index is 0.145. The molecule has 0 radical (unpaired) electrons. The van der Waals surface area contributed by atoms with E-state index in [-0.39, 0.29) is 28.8 Å². The van der Waals surface area contributed by atoms with Crippen molar-refractivity contribution in [1.29, 1.82) is 0 Å². The van der Waals surface area contributed by atoms with E-state index in [1.54, 1.807) is 11.8 Å². The Morgan fingerprint density at radius 2 is 2.05 bits per heavy atom. The zero-order valence-corrected chi connectivity index (χ0v) is 14.3. The van der Waals surface area contributed by atoms with Crippen molar-refractivity contribution in [1.82, 2.24) is 9.80 Å². The molecular weight excluding hydrogens is 284 g/mol. The van der Waals surface area contributed by atoms with Gasteiger partial charge in [-0.15, -0.1) is 11.8 Å². The molecule has 0 aromatic carbocycles. The van der Waals surface area contributed by atoms with Gasteiger partial charge in [0.15, 0.2) is 0 Å². The van der Waals surface area contributed by atoms with Crippen LogP contribution < -0.4 is 0 Å². The molecule has 0 N–H and O–H groups in total. The highest BCUT2D eigenvalue weighted by molar-refractivity contribution is 8.01. The molecule has 3 rings (SSSR count). The average molecular weight is 310 g/mol. The fraction of sp³-hybridized carbons (Fsp3) is 0.875. The molecule has 1 saturated carbocycles. The molecule has 2 amide bonds. The summed E-state index contributed by atoms with van der Waals surface area (Å²) in [6, 6.07) is 0.417. The van der Waals surface area contributed by atoms with E-state index in [0.29, 0.717) is 18.4 Å². The molecule has 5 heteroatoms. The summed E-state index contributed by atoms with van der Waals surface area (Å²) in [7, 11) is 0. The first-order chi connectivity index (χ1) is 9.85. The molecule has 2 heterocycles. The minimum Gasteiger partial charge on any atom is -0.335 e. The van der Waals surface area contributed by atoms with Crippen molar-refractivity contribution in [3.05, 3.63) is 0 Å². The van der Waals surface area contributed by atoms with Gasteiger partial charge in [-0.3, -0.25) is 9.59 Å². The van der Waals surface area contributed by atoms with Gasteiger partial charge in [0.1, 0.15) is 6.04 Å². The Labute approximate surface area is 131 Å². The van der Waals surface area contributed by atoms with Gasteiger partial charge in [0, 0.05) is 24.3 Å². The van der Waals surface area contributed by atoms with Crippen LogP contribution in [0.4, 0.5) is 0 Å². The van der Waals surface area contributed by atoms with Crippen molar-refractivity contribution < 1.29 is 9.59 Å². The van der Waals surface area contributed by atoms with Gasteiger partial charge in [0.05, 0.1) is 4.87 Å². The molecule has 21 heavy (non-hydrogen) atoms. The molecular formula is C16H26N2O2S. The lowest BCUT2D eigenvalue weighted by molar-refractivity contribution is -0.146. The average Bonchev–Trinajstić information content (AvgIpc) is 3.12. The topological polar surface area (TPSA) is 40.6 Å². The van der Waals surface area contributed by atoms with Gasteiger partial charge in [0.2, 0.25) is 11.8 Å². The zero-order chi connectivity index (χ0) is 15.4. The summed E-state index contributed by atoms with van der Waals surface area (Å²) >= 11 is 1.78. The molecule has 0 bridgehead atoms. The Morgan fingerprint density at radius 1 is 1.38 bits per heavy atom. The molecule has 2 saturated heterocycles. The van der Waals surface area contributed by atoms with Crippen LogP contribution in [0.2, 0.25) is 0 Å². The van der Waals surface area contributed by atoms with Crippen molar-refractivity contribution in [2.45, 2.75) is 76.4 Å². The van der Waals surface area contributed by atoms with Crippen molar-refractivity contribution >= 4 is 23.6 Å². The first kappa shape index (κ1) is 15.2. The lowest BCUT2D eigenvalue weighted by atomic mass is 10.0. The lowest BCUT2D eigenvalue weighted by Gasteiger charge is -2.37. The fourth-order valence-corrected chi connectivity index (χ4v) is 4.99. The van der Waals surface area contributed by atoms with Gasteiger partial charge in [-0.05, 0) is 39.0 Å². The van der Waals surface area contributed by atoms with Crippen LogP contribution in [0.3, 0.4) is 0 Å². The highest BCUT2D eigenvalue weighted by Crippen LogP contribution is 2.48. The number of amides is 2. The van der Waals surface area contributed by atoms with Crippen LogP contribution in [0, 0.1) is 5.92 Å². The summed E-state index contributed by atoms with van der Waals surface area (Å²) in [5.74, 6) is 1.55. The Morgan fingerprint density at radius 3 is 2.62 bits per heavy atom. The maximum atomic E-state index is 13.1. The third kappa shape index (κ3) is 2.47. The van der Waals surface area contributed by atoms with Crippen LogP contribution in [0.5, 0.6) is 0 Å². The maximum absolute atomic E-state index is 13.1. The zero-order valence-electron chi connectivity index (χ0n) is 13.5. The first-order valence-corrected chi connectivity index (χ1v) is 9.12. The normalized spacial score (nSPS) is 33.5. The largest absolute Gasteiger partial charge is 0.335 e. The summed E-state index contributed by atoms with van der Waals surface area (Å²) in [5, 5.41) is 0. The second-order valence-corrected chi connectivity index (χ2v) is 8.73. The van der Waals surface area contributed by atoms with Crippen LogP contribution in [-0.4, -0.2) is 50.4 Å².